The highest BCUT2D eigenvalue weighted by Gasteiger charge is 2.37. The lowest BCUT2D eigenvalue weighted by molar-refractivity contribution is -0.210. The van der Waals surface area contributed by atoms with Gasteiger partial charge >= 0.3 is 5.97 Å². The van der Waals surface area contributed by atoms with Crippen molar-refractivity contribution in [2.24, 2.45) is 5.41 Å². The molecule has 0 bridgehead atoms. The Morgan fingerprint density at radius 1 is 1.21 bits per heavy atom. The molecule has 1 rings (SSSR count). The molecule has 106 valence electrons. The average Bonchev–Trinajstić information content (AvgIpc) is 2.36. The highest BCUT2D eigenvalue weighted by atomic mass is 17.2. The summed E-state index contributed by atoms with van der Waals surface area (Å²) in [6.45, 7) is 12.5. The molecule has 0 radical (unpaired) electrons. The summed E-state index contributed by atoms with van der Waals surface area (Å²) in [6, 6.07) is 7.71. The van der Waals surface area contributed by atoms with Crippen molar-refractivity contribution < 1.29 is 14.6 Å². The van der Waals surface area contributed by atoms with E-state index < -0.39 is 5.97 Å². The van der Waals surface area contributed by atoms with Crippen molar-refractivity contribution in [3.05, 3.63) is 29.8 Å². The molecule has 19 heavy (non-hydrogen) atoms. The Bertz CT molecular complexity index is 447. The minimum absolute atomic E-state index is 0.00264. The second-order valence-electron chi connectivity index (χ2n) is 6.05. The second kappa shape index (κ2) is 5.64. The summed E-state index contributed by atoms with van der Waals surface area (Å²) in [5.74, 6) is 0.0891. The van der Waals surface area contributed by atoms with Crippen molar-refractivity contribution in [2.75, 3.05) is 0 Å². The summed E-state index contributed by atoms with van der Waals surface area (Å²) < 4.78 is 0. The van der Waals surface area contributed by atoms with Gasteiger partial charge < -0.3 is 0 Å². The molecule has 0 atom stereocenters. The molecular weight excluding hydrogens is 240 g/mol. The smallest absolute Gasteiger partial charge is 0.287 e. The van der Waals surface area contributed by atoms with E-state index in [2.05, 4.69) is 45.6 Å². The molecule has 0 saturated heterocycles. The first kappa shape index (κ1) is 15.5. The molecule has 0 amide bonds. The number of benzene rings is 1. The Kier molecular flexibility index (Phi) is 4.61. The summed E-state index contributed by atoms with van der Waals surface area (Å²) in [5.41, 5.74) is 1.33. The zero-order valence-electron chi connectivity index (χ0n) is 12.7. The van der Waals surface area contributed by atoms with Gasteiger partial charge in [0.25, 0.3) is 0 Å². The normalized spacial score (nSPS) is 12.1. The van der Waals surface area contributed by atoms with E-state index in [1.807, 2.05) is 12.1 Å². The largest absolute Gasteiger partial charge is 0.352 e. The Balaban J connectivity index is 3.01. The van der Waals surface area contributed by atoms with E-state index in [1.54, 1.807) is 6.07 Å². The lowest BCUT2D eigenvalue weighted by Crippen LogP contribution is -2.36. The first-order valence-electron chi connectivity index (χ1n) is 6.66. The Labute approximate surface area is 115 Å². The summed E-state index contributed by atoms with van der Waals surface area (Å²) in [7, 11) is 0. The molecular formula is C16H24O3. The molecule has 1 aromatic rings. The third kappa shape index (κ3) is 3.49. The summed E-state index contributed by atoms with van der Waals surface area (Å²) in [5, 5.41) is 0. The van der Waals surface area contributed by atoms with Crippen molar-refractivity contribution in [3.63, 3.8) is 0 Å². The van der Waals surface area contributed by atoms with Gasteiger partial charge in [-0.1, -0.05) is 53.2 Å². The molecule has 3 nitrogen and oxygen atoms in total. The maximum atomic E-state index is 10.8. The molecule has 0 spiro atoms. The highest BCUT2D eigenvalue weighted by Crippen LogP contribution is 2.44. The van der Waals surface area contributed by atoms with Gasteiger partial charge in [-0.3, -0.25) is 9.78 Å². The standard InChI is InChI=1S/C16H24O3/c1-7-15(3,4)16(5,6)13-9-8-10-14(11-13)19-18-12(2)17/h8-11H,7H2,1-6H3. The predicted molar refractivity (Wildman–Crippen MR) is 75.9 cm³/mol. The maximum absolute atomic E-state index is 10.8. The van der Waals surface area contributed by atoms with E-state index >= 15 is 0 Å². The lowest BCUT2D eigenvalue weighted by atomic mass is 9.63. The third-order valence-electron chi connectivity index (χ3n) is 4.39. The van der Waals surface area contributed by atoms with Crippen LogP contribution in [0.2, 0.25) is 0 Å². The van der Waals surface area contributed by atoms with Crippen LogP contribution >= 0.6 is 0 Å². The van der Waals surface area contributed by atoms with Gasteiger partial charge in [0.2, 0.25) is 0 Å². The van der Waals surface area contributed by atoms with Crippen molar-refractivity contribution in [3.8, 4) is 5.75 Å². The molecule has 3 heteroatoms. The number of carbonyl (C=O) groups is 1. The van der Waals surface area contributed by atoms with Gasteiger partial charge in [0.05, 0.1) is 0 Å². The van der Waals surface area contributed by atoms with Crippen LogP contribution in [0.1, 0.15) is 53.5 Å². The molecule has 0 aliphatic heterocycles. The van der Waals surface area contributed by atoms with Crippen LogP contribution in [0.3, 0.4) is 0 Å². The molecule has 0 heterocycles. The molecule has 0 unspecified atom stereocenters. The average molecular weight is 264 g/mol. The van der Waals surface area contributed by atoms with Crippen LogP contribution < -0.4 is 4.89 Å². The zero-order valence-corrected chi connectivity index (χ0v) is 12.7. The van der Waals surface area contributed by atoms with Gasteiger partial charge in [-0.2, -0.15) is 0 Å². The SMILES string of the molecule is CCC(C)(C)C(C)(C)c1cccc(OOC(C)=O)c1. The fraction of sp³-hybridized carbons (Fsp3) is 0.562. The molecule has 0 saturated carbocycles. The fourth-order valence-corrected chi connectivity index (χ4v) is 1.88. The third-order valence-corrected chi connectivity index (χ3v) is 4.39. The van der Waals surface area contributed by atoms with Crippen molar-refractivity contribution in [2.45, 2.75) is 53.4 Å². The zero-order chi connectivity index (χ0) is 14.7. The van der Waals surface area contributed by atoms with Crippen molar-refractivity contribution in [1.29, 1.82) is 0 Å². The Morgan fingerprint density at radius 3 is 2.37 bits per heavy atom. The van der Waals surface area contributed by atoms with Crippen LogP contribution in [-0.2, 0) is 15.1 Å². The molecule has 0 aliphatic carbocycles. The number of hydrogen-bond acceptors (Lipinski definition) is 3. The first-order chi connectivity index (χ1) is 8.70. The van der Waals surface area contributed by atoms with Crippen LogP contribution in [0.5, 0.6) is 5.75 Å². The predicted octanol–water partition coefficient (Wildman–Crippen LogP) is 4.26. The molecule has 0 aliphatic rings. The van der Waals surface area contributed by atoms with E-state index in [-0.39, 0.29) is 10.8 Å². The molecule has 0 N–H and O–H groups in total. The molecule has 1 aromatic carbocycles. The fourth-order valence-electron chi connectivity index (χ4n) is 1.88. The Morgan fingerprint density at radius 2 is 1.84 bits per heavy atom. The summed E-state index contributed by atoms with van der Waals surface area (Å²) >= 11 is 0. The van der Waals surface area contributed by atoms with E-state index in [9.17, 15) is 4.79 Å². The van der Waals surface area contributed by atoms with Crippen LogP contribution in [0.25, 0.3) is 0 Å². The van der Waals surface area contributed by atoms with Gasteiger partial charge in [0.15, 0.2) is 5.75 Å². The van der Waals surface area contributed by atoms with E-state index in [1.165, 1.54) is 12.5 Å². The van der Waals surface area contributed by atoms with Crippen LogP contribution in [-0.4, -0.2) is 5.97 Å². The second-order valence-corrected chi connectivity index (χ2v) is 6.05. The van der Waals surface area contributed by atoms with Crippen LogP contribution in [0, 0.1) is 5.41 Å². The van der Waals surface area contributed by atoms with Crippen molar-refractivity contribution in [1.82, 2.24) is 0 Å². The first-order valence-corrected chi connectivity index (χ1v) is 6.66. The van der Waals surface area contributed by atoms with E-state index in [0.29, 0.717) is 5.75 Å². The maximum Gasteiger partial charge on any atom is 0.352 e. The number of rotatable bonds is 5. The lowest BCUT2D eigenvalue weighted by Gasteiger charge is -2.41. The summed E-state index contributed by atoms with van der Waals surface area (Å²) in [4.78, 5) is 20.3. The Hall–Kier alpha value is -1.51. The van der Waals surface area contributed by atoms with Gasteiger partial charge in [-0.15, -0.1) is 0 Å². The van der Waals surface area contributed by atoms with Gasteiger partial charge in [0, 0.05) is 6.92 Å². The number of hydrogen-bond donors (Lipinski definition) is 0. The van der Waals surface area contributed by atoms with Gasteiger partial charge in [-0.05, 0) is 28.5 Å². The van der Waals surface area contributed by atoms with Gasteiger partial charge in [-0.25, -0.2) is 4.79 Å². The van der Waals surface area contributed by atoms with Crippen LogP contribution in [0.15, 0.2) is 24.3 Å². The summed E-state index contributed by atoms with van der Waals surface area (Å²) in [6.07, 6.45) is 1.08. The quantitative estimate of drug-likeness (QED) is 0.589. The molecule has 0 fully saturated rings. The molecule has 0 aromatic heterocycles. The van der Waals surface area contributed by atoms with Crippen molar-refractivity contribution >= 4 is 5.97 Å². The van der Waals surface area contributed by atoms with Crippen LogP contribution in [0.4, 0.5) is 0 Å². The minimum atomic E-state index is -0.460. The van der Waals surface area contributed by atoms with Gasteiger partial charge in [0.1, 0.15) is 0 Å². The monoisotopic (exact) mass is 264 g/mol. The highest BCUT2D eigenvalue weighted by molar-refractivity contribution is 5.65. The topological polar surface area (TPSA) is 35.5 Å². The number of carbonyl (C=O) groups excluding carboxylic acids is 1. The van der Waals surface area contributed by atoms with E-state index in [0.717, 1.165) is 6.42 Å². The minimum Gasteiger partial charge on any atom is -0.287 e. The van der Waals surface area contributed by atoms with E-state index in [4.69, 9.17) is 4.89 Å².